The number of imidazole rings is 1. The van der Waals surface area contributed by atoms with Crippen LogP contribution in [0.1, 0.15) is 17.0 Å². The van der Waals surface area contributed by atoms with Gasteiger partial charge in [0.25, 0.3) is 0 Å². The number of aryl methyl sites for hydroxylation is 2. The summed E-state index contributed by atoms with van der Waals surface area (Å²) < 4.78 is 35.1. The van der Waals surface area contributed by atoms with E-state index >= 15 is 0 Å². The largest absolute Gasteiger partial charge is 0.439 e. The zero-order valence-corrected chi connectivity index (χ0v) is 17.9. The highest BCUT2D eigenvalue weighted by Gasteiger charge is 2.12. The highest BCUT2D eigenvalue weighted by molar-refractivity contribution is 7.91. The standard InChI is InChI=1S/C22H21N5O3S/c1-16-3-5-18(6-4-16)14-31(28,29)26-19-7-9-20(10-8-19)30-22-13-21(24-15-25-22)27-12-11-23-17(27)2/h3-13,15,26H,14H2,1-2H3. The highest BCUT2D eigenvalue weighted by Crippen LogP contribution is 2.23. The molecule has 0 saturated heterocycles. The molecule has 0 aliphatic carbocycles. The molecule has 4 aromatic rings. The number of anilines is 1. The zero-order valence-electron chi connectivity index (χ0n) is 17.1. The quantitative estimate of drug-likeness (QED) is 0.471. The number of ether oxygens (including phenoxy) is 1. The average Bonchev–Trinajstić information content (AvgIpc) is 3.17. The summed E-state index contributed by atoms with van der Waals surface area (Å²) in [4.78, 5) is 12.5. The fourth-order valence-electron chi connectivity index (χ4n) is 2.97. The van der Waals surface area contributed by atoms with Crippen LogP contribution in [0.15, 0.2) is 73.3 Å². The van der Waals surface area contributed by atoms with E-state index in [4.69, 9.17) is 4.74 Å². The van der Waals surface area contributed by atoms with E-state index in [1.807, 2.05) is 42.7 Å². The van der Waals surface area contributed by atoms with Crippen molar-refractivity contribution >= 4 is 15.7 Å². The lowest BCUT2D eigenvalue weighted by molar-refractivity contribution is 0.461. The maximum absolute atomic E-state index is 12.4. The Morgan fingerprint density at radius 2 is 1.71 bits per heavy atom. The van der Waals surface area contributed by atoms with Crippen LogP contribution in [0.5, 0.6) is 11.6 Å². The lowest BCUT2D eigenvalue weighted by atomic mass is 10.2. The van der Waals surface area contributed by atoms with E-state index in [1.54, 1.807) is 42.7 Å². The van der Waals surface area contributed by atoms with Gasteiger partial charge in [0.15, 0.2) is 0 Å². The van der Waals surface area contributed by atoms with E-state index in [-0.39, 0.29) is 5.75 Å². The van der Waals surface area contributed by atoms with Crippen LogP contribution in [0.25, 0.3) is 5.82 Å². The van der Waals surface area contributed by atoms with Crippen molar-refractivity contribution in [1.29, 1.82) is 0 Å². The van der Waals surface area contributed by atoms with E-state index in [0.29, 0.717) is 23.1 Å². The molecule has 2 aromatic heterocycles. The second-order valence-electron chi connectivity index (χ2n) is 7.03. The SMILES string of the molecule is Cc1ccc(CS(=O)(=O)Nc2ccc(Oc3cc(-n4ccnc4C)ncn3)cc2)cc1. The molecule has 4 rings (SSSR count). The molecule has 8 nitrogen and oxygen atoms in total. The molecule has 0 atom stereocenters. The van der Waals surface area contributed by atoms with Gasteiger partial charge in [-0.2, -0.15) is 0 Å². The molecule has 31 heavy (non-hydrogen) atoms. The third kappa shape index (κ3) is 5.26. The molecule has 158 valence electrons. The second kappa shape index (κ2) is 8.57. The third-order valence-corrected chi connectivity index (χ3v) is 5.79. The molecule has 0 spiro atoms. The second-order valence-corrected chi connectivity index (χ2v) is 8.75. The summed E-state index contributed by atoms with van der Waals surface area (Å²) >= 11 is 0. The van der Waals surface area contributed by atoms with E-state index in [1.165, 1.54) is 6.33 Å². The predicted octanol–water partition coefficient (Wildman–Crippen LogP) is 4.01. The summed E-state index contributed by atoms with van der Waals surface area (Å²) in [6, 6.07) is 15.7. The maximum atomic E-state index is 12.4. The maximum Gasteiger partial charge on any atom is 0.236 e. The molecular formula is C22H21N5O3S. The van der Waals surface area contributed by atoms with Crippen LogP contribution in [0.4, 0.5) is 5.69 Å². The predicted molar refractivity (Wildman–Crippen MR) is 118 cm³/mol. The number of hydrogen-bond donors (Lipinski definition) is 1. The smallest absolute Gasteiger partial charge is 0.236 e. The van der Waals surface area contributed by atoms with Crippen LogP contribution >= 0.6 is 0 Å². The van der Waals surface area contributed by atoms with Crippen molar-refractivity contribution in [3.8, 4) is 17.4 Å². The number of nitrogens with zero attached hydrogens (tertiary/aromatic N) is 4. The van der Waals surface area contributed by atoms with Crippen molar-refractivity contribution in [2.75, 3.05) is 4.72 Å². The van der Waals surface area contributed by atoms with E-state index in [9.17, 15) is 8.42 Å². The van der Waals surface area contributed by atoms with Gasteiger partial charge in [0.2, 0.25) is 15.9 Å². The lowest BCUT2D eigenvalue weighted by Crippen LogP contribution is -2.15. The first kappa shape index (κ1) is 20.5. The number of nitrogens with one attached hydrogen (secondary N) is 1. The van der Waals surface area contributed by atoms with Gasteiger partial charge in [0, 0.05) is 24.1 Å². The molecule has 0 aliphatic heterocycles. The topological polar surface area (TPSA) is 99.0 Å². The van der Waals surface area contributed by atoms with Gasteiger partial charge in [-0.1, -0.05) is 29.8 Å². The Hall–Kier alpha value is -3.72. The Morgan fingerprint density at radius 1 is 0.968 bits per heavy atom. The van der Waals surface area contributed by atoms with Crippen LogP contribution in [0.2, 0.25) is 0 Å². The van der Waals surface area contributed by atoms with Gasteiger partial charge in [-0.25, -0.2) is 23.4 Å². The minimum Gasteiger partial charge on any atom is -0.439 e. The molecule has 0 aliphatic rings. The van der Waals surface area contributed by atoms with Gasteiger partial charge >= 0.3 is 0 Å². The van der Waals surface area contributed by atoms with Crippen LogP contribution in [-0.4, -0.2) is 27.9 Å². The molecule has 9 heteroatoms. The van der Waals surface area contributed by atoms with Gasteiger partial charge < -0.3 is 4.74 Å². The van der Waals surface area contributed by atoms with Crippen molar-refractivity contribution in [2.45, 2.75) is 19.6 Å². The van der Waals surface area contributed by atoms with Crippen LogP contribution in [0, 0.1) is 13.8 Å². The van der Waals surface area contributed by atoms with Gasteiger partial charge in [-0.3, -0.25) is 9.29 Å². The Labute approximate surface area is 180 Å². The van der Waals surface area contributed by atoms with Crippen molar-refractivity contribution in [2.24, 2.45) is 0 Å². The molecule has 0 amide bonds. The fraction of sp³-hybridized carbons (Fsp3) is 0.136. The summed E-state index contributed by atoms with van der Waals surface area (Å²) in [5.41, 5.74) is 2.27. The van der Waals surface area contributed by atoms with Crippen molar-refractivity contribution in [1.82, 2.24) is 19.5 Å². The molecule has 2 aromatic carbocycles. The molecule has 1 N–H and O–H groups in total. The molecule has 2 heterocycles. The lowest BCUT2D eigenvalue weighted by Gasteiger charge is -2.10. The van der Waals surface area contributed by atoms with Gasteiger partial charge in [0.1, 0.15) is 23.7 Å². The first-order valence-electron chi connectivity index (χ1n) is 9.54. The average molecular weight is 436 g/mol. The monoisotopic (exact) mass is 435 g/mol. The van der Waals surface area contributed by atoms with E-state index in [0.717, 1.165) is 17.0 Å². The Balaban J connectivity index is 1.43. The van der Waals surface area contributed by atoms with Gasteiger partial charge in [-0.05, 0) is 43.7 Å². The van der Waals surface area contributed by atoms with Crippen LogP contribution in [0.3, 0.4) is 0 Å². The molecule has 0 bridgehead atoms. The normalized spacial score (nSPS) is 11.3. The number of hydrogen-bond acceptors (Lipinski definition) is 6. The molecule has 0 radical (unpaired) electrons. The molecular weight excluding hydrogens is 414 g/mol. The summed E-state index contributed by atoms with van der Waals surface area (Å²) in [6.07, 6.45) is 4.91. The minimum atomic E-state index is -3.53. The first-order valence-corrected chi connectivity index (χ1v) is 11.2. The van der Waals surface area contributed by atoms with E-state index < -0.39 is 10.0 Å². The number of rotatable bonds is 7. The Bertz CT molecular complexity index is 1280. The van der Waals surface area contributed by atoms with Crippen molar-refractivity contribution in [3.63, 3.8) is 0 Å². The molecule has 0 saturated carbocycles. The first-order chi connectivity index (χ1) is 14.9. The van der Waals surface area contributed by atoms with Crippen LogP contribution in [-0.2, 0) is 15.8 Å². The summed E-state index contributed by atoms with van der Waals surface area (Å²) in [5, 5.41) is 0. The minimum absolute atomic E-state index is 0.0943. The van der Waals surface area contributed by atoms with Gasteiger partial charge in [-0.15, -0.1) is 0 Å². The Morgan fingerprint density at radius 3 is 2.39 bits per heavy atom. The number of aromatic nitrogens is 4. The Kier molecular flexibility index (Phi) is 5.68. The fourth-order valence-corrected chi connectivity index (χ4v) is 4.17. The van der Waals surface area contributed by atoms with Crippen molar-refractivity contribution < 1.29 is 13.2 Å². The number of benzene rings is 2. The summed E-state index contributed by atoms with van der Waals surface area (Å²) in [5.74, 6) is 2.23. The molecule has 0 fully saturated rings. The third-order valence-electron chi connectivity index (χ3n) is 4.53. The van der Waals surface area contributed by atoms with Crippen molar-refractivity contribution in [3.05, 3.63) is 90.3 Å². The molecule has 0 unspecified atom stereocenters. The summed E-state index contributed by atoms with van der Waals surface area (Å²) in [7, 11) is -3.53. The number of sulfonamides is 1. The van der Waals surface area contributed by atoms with Gasteiger partial charge in [0.05, 0.1) is 5.75 Å². The summed E-state index contributed by atoms with van der Waals surface area (Å²) in [6.45, 7) is 3.84. The van der Waals surface area contributed by atoms with Crippen LogP contribution < -0.4 is 9.46 Å². The van der Waals surface area contributed by atoms with E-state index in [2.05, 4.69) is 19.7 Å². The zero-order chi connectivity index (χ0) is 21.8. The highest BCUT2D eigenvalue weighted by atomic mass is 32.2.